The van der Waals surface area contributed by atoms with Crippen molar-refractivity contribution in [3.05, 3.63) is 74.7 Å². The molecule has 0 radical (unpaired) electrons. The van der Waals surface area contributed by atoms with Gasteiger partial charge in [0.2, 0.25) is 5.91 Å². The van der Waals surface area contributed by atoms with Crippen molar-refractivity contribution in [2.45, 2.75) is 44.8 Å². The lowest BCUT2D eigenvalue weighted by Crippen LogP contribution is -2.23. The number of aromatic nitrogens is 2. The van der Waals surface area contributed by atoms with Crippen molar-refractivity contribution in [1.29, 1.82) is 0 Å². The molecule has 4 aromatic rings. The van der Waals surface area contributed by atoms with E-state index in [1.807, 2.05) is 35.7 Å². The number of esters is 1. The number of ether oxygens (including phenoxy) is 1. The molecule has 39 heavy (non-hydrogen) atoms. The highest BCUT2D eigenvalue weighted by molar-refractivity contribution is 7.99. The van der Waals surface area contributed by atoms with Crippen LogP contribution in [0.2, 0.25) is 0 Å². The molecular formula is C29H29N3O4S3. The Morgan fingerprint density at radius 3 is 2.85 bits per heavy atom. The van der Waals surface area contributed by atoms with E-state index in [0.717, 1.165) is 40.8 Å². The fourth-order valence-electron chi connectivity index (χ4n) is 4.79. The summed E-state index contributed by atoms with van der Waals surface area (Å²) in [6.07, 6.45) is 4.34. The zero-order valence-electron chi connectivity index (χ0n) is 21.8. The first-order valence-electron chi connectivity index (χ1n) is 12.8. The standard InChI is InChI=1S/C29H29N3O4S3/c1-4-13-32-27(34)23-20(18-9-7-6-8-10-18)15-37-25(23)31-29(32)38-16-22(33)30-26-24(28(35)36-5-2)19-12-11-17(3)14-21(19)39-26/h4,6-10,15,17H,1,5,11-14,16H2,2-3H3,(H,30,33)/t17-/m0/s1. The van der Waals surface area contributed by atoms with Gasteiger partial charge in [0, 0.05) is 22.4 Å². The van der Waals surface area contributed by atoms with Gasteiger partial charge >= 0.3 is 5.97 Å². The number of nitrogens with one attached hydrogen (secondary N) is 1. The fraction of sp³-hybridized carbons (Fsp3) is 0.310. The van der Waals surface area contributed by atoms with Crippen molar-refractivity contribution in [1.82, 2.24) is 9.55 Å². The van der Waals surface area contributed by atoms with Gasteiger partial charge in [-0.1, -0.05) is 55.1 Å². The van der Waals surface area contributed by atoms with Crippen molar-refractivity contribution < 1.29 is 14.3 Å². The van der Waals surface area contributed by atoms with E-state index in [-0.39, 0.29) is 30.4 Å². The number of hydrogen-bond donors (Lipinski definition) is 1. The first-order chi connectivity index (χ1) is 18.9. The minimum absolute atomic E-state index is 0.0350. The van der Waals surface area contributed by atoms with Crippen LogP contribution in [0, 0.1) is 5.92 Å². The lowest BCUT2D eigenvalue weighted by Gasteiger charge is -2.18. The van der Waals surface area contributed by atoms with Crippen LogP contribution >= 0.6 is 34.4 Å². The van der Waals surface area contributed by atoms with Gasteiger partial charge in [-0.2, -0.15) is 0 Å². The number of hydrogen-bond acceptors (Lipinski definition) is 8. The third-order valence-corrected chi connectivity index (χ3v) is 9.65. The molecule has 0 fully saturated rings. The summed E-state index contributed by atoms with van der Waals surface area (Å²) in [6, 6.07) is 9.76. The molecule has 7 nitrogen and oxygen atoms in total. The predicted molar refractivity (Wildman–Crippen MR) is 160 cm³/mol. The van der Waals surface area contributed by atoms with Crippen molar-refractivity contribution in [3.8, 4) is 11.1 Å². The van der Waals surface area contributed by atoms with E-state index in [9.17, 15) is 14.4 Å². The van der Waals surface area contributed by atoms with Crippen LogP contribution in [-0.4, -0.2) is 33.8 Å². The Balaban J connectivity index is 1.40. The average Bonchev–Trinajstić information content (AvgIpc) is 3.51. The minimum Gasteiger partial charge on any atom is -0.462 e. The number of anilines is 1. The van der Waals surface area contributed by atoms with Gasteiger partial charge in [0.05, 0.1) is 23.3 Å². The monoisotopic (exact) mass is 579 g/mol. The molecule has 0 unspecified atom stereocenters. The molecule has 0 spiro atoms. The molecule has 3 aromatic heterocycles. The number of carbonyl (C=O) groups is 2. The Morgan fingerprint density at radius 2 is 2.10 bits per heavy atom. The molecule has 1 aromatic carbocycles. The van der Waals surface area contributed by atoms with E-state index in [2.05, 4.69) is 18.8 Å². The number of nitrogens with zero attached hydrogens (tertiary/aromatic N) is 2. The smallest absolute Gasteiger partial charge is 0.341 e. The van der Waals surface area contributed by atoms with Gasteiger partial charge in [0.1, 0.15) is 9.83 Å². The molecule has 1 atom stereocenters. The molecule has 1 N–H and O–H groups in total. The summed E-state index contributed by atoms with van der Waals surface area (Å²) < 4.78 is 6.87. The lowest BCUT2D eigenvalue weighted by molar-refractivity contribution is -0.113. The third-order valence-electron chi connectivity index (χ3n) is 6.63. The Morgan fingerprint density at radius 1 is 1.31 bits per heavy atom. The number of thiophene rings is 2. The molecule has 5 rings (SSSR count). The Kier molecular flexibility index (Phi) is 8.34. The second-order valence-electron chi connectivity index (χ2n) is 9.41. The quantitative estimate of drug-likeness (QED) is 0.107. The molecule has 1 amide bonds. The van der Waals surface area contributed by atoms with Gasteiger partial charge in [-0.15, -0.1) is 29.3 Å². The van der Waals surface area contributed by atoms with E-state index in [0.29, 0.717) is 31.9 Å². The van der Waals surface area contributed by atoms with Crippen LogP contribution in [0.1, 0.15) is 41.1 Å². The summed E-state index contributed by atoms with van der Waals surface area (Å²) in [4.78, 5) is 46.0. The number of amides is 1. The normalized spacial score (nSPS) is 14.7. The molecule has 0 aliphatic heterocycles. The Bertz CT molecular complexity index is 1600. The van der Waals surface area contributed by atoms with E-state index in [1.54, 1.807) is 17.6 Å². The highest BCUT2D eigenvalue weighted by Crippen LogP contribution is 2.40. The van der Waals surface area contributed by atoms with Crippen LogP contribution in [0.3, 0.4) is 0 Å². The second-order valence-corrected chi connectivity index (χ2v) is 12.3. The minimum atomic E-state index is -0.397. The molecule has 202 valence electrons. The zero-order chi connectivity index (χ0) is 27.5. The van der Waals surface area contributed by atoms with Gasteiger partial charge in [-0.25, -0.2) is 9.78 Å². The van der Waals surface area contributed by atoms with Gasteiger partial charge in [-0.05, 0) is 43.2 Å². The van der Waals surface area contributed by atoms with Gasteiger partial charge in [0.15, 0.2) is 5.16 Å². The SMILES string of the molecule is C=CCn1c(SCC(=O)Nc2sc3c(c2C(=O)OCC)CC[C@H](C)C3)nc2scc(-c3ccccc3)c2c1=O. The average molecular weight is 580 g/mol. The summed E-state index contributed by atoms with van der Waals surface area (Å²) in [6.45, 7) is 8.32. The van der Waals surface area contributed by atoms with E-state index >= 15 is 0 Å². The maximum absolute atomic E-state index is 13.6. The lowest BCUT2D eigenvalue weighted by atomic mass is 9.88. The molecule has 0 saturated heterocycles. The van der Waals surface area contributed by atoms with Crippen molar-refractivity contribution in [3.63, 3.8) is 0 Å². The number of allylic oxidation sites excluding steroid dienone is 1. The number of rotatable bonds is 9. The van der Waals surface area contributed by atoms with Crippen LogP contribution in [0.15, 0.2) is 58.3 Å². The van der Waals surface area contributed by atoms with Crippen LogP contribution in [0.5, 0.6) is 0 Å². The Hall–Kier alpha value is -3.21. The largest absolute Gasteiger partial charge is 0.462 e. The maximum atomic E-state index is 13.6. The van der Waals surface area contributed by atoms with Crippen molar-refractivity contribution in [2.24, 2.45) is 5.92 Å². The predicted octanol–water partition coefficient (Wildman–Crippen LogP) is 6.40. The highest BCUT2D eigenvalue weighted by atomic mass is 32.2. The van der Waals surface area contributed by atoms with Crippen LogP contribution in [0.4, 0.5) is 5.00 Å². The van der Waals surface area contributed by atoms with Gasteiger partial charge in [-0.3, -0.25) is 14.2 Å². The molecule has 1 aliphatic rings. The van der Waals surface area contributed by atoms with Crippen molar-refractivity contribution in [2.75, 3.05) is 17.7 Å². The van der Waals surface area contributed by atoms with Crippen molar-refractivity contribution >= 4 is 61.5 Å². The summed E-state index contributed by atoms with van der Waals surface area (Å²) in [5, 5.41) is 6.45. The van der Waals surface area contributed by atoms with Gasteiger partial charge < -0.3 is 10.1 Å². The van der Waals surface area contributed by atoms with E-state index in [1.165, 1.54) is 34.4 Å². The number of thioether (sulfide) groups is 1. The summed E-state index contributed by atoms with van der Waals surface area (Å²) in [5.74, 6) is -0.0977. The molecule has 3 heterocycles. The van der Waals surface area contributed by atoms with Gasteiger partial charge in [0.25, 0.3) is 5.56 Å². The molecular weight excluding hydrogens is 551 g/mol. The molecule has 1 aliphatic carbocycles. The summed E-state index contributed by atoms with van der Waals surface area (Å²) in [7, 11) is 0. The second kappa shape index (κ2) is 11.9. The zero-order valence-corrected chi connectivity index (χ0v) is 24.3. The van der Waals surface area contributed by atoms with Crippen LogP contribution < -0.4 is 10.9 Å². The summed E-state index contributed by atoms with van der Waals surface area (Å²) in [5.41, 5.74) is 3.13. The van der Waals surface area contributed by atoms with Crippen LogP contribution in [0.25, 0.3) is 21.3 Å². The molecule has 0 saturated carbocycles. The number of carbonyl (C=O) groups excluding carboxylic acids is 2. The third kappa shape index (κ3) is 5.59. The molecule has 10 heteroatoms. The Labute approximate surface area is 238 Å². The highest BCUT2D eigenvalue weighted by Gasteiger charge is 2.29. The first-order valence-corrected chi connectivity index (χ1v) is 15.5. The fourth-order valence-corrected chi connectivity index (χ4v) is 8.00. The first kappa shape index (κ1) is 27.4. The maximum Gasteiger partial charge on any atom is 0.341 e. The molecule has 0 bridgehead atoms. The van der Waals surface area contributed by atoms with E-state index in [4.69, 9.17) is 9.72 Å². The van der Waals surface area contributed by atoms with E-state index < -0.39 is 5.97 Å². The summed E-state index contributed by atoms with van der Waals surface area (Å²) >= 11 is 4.07. The topological polar surface area (TPSA) is 90.3 Å². The number of fused-ring (bicyclic) bond motifs is 2. The van der Waals surface area contributed by atoms with Crippen LogP contribution in [-0.2, 0) is 28.9 Å². The number of benzene rings is 1.